The SMILES string of the molecule is NC(=O)CC(NC(=O)C(Cc1ccc(O)cc1)NC(=O)C(Cc1ccc(O)cc1)NC(=O)C(N)Cc1ccc(O)cc1)C(=O)O. The molecule has 4 amide bonds. The van der Waals surface area contributed by atoms with Crippen molar-refractivity contribution in [2.24, 2.45) is 11.5 Å². The van der Waals surface area contributed by atoms with Crippen LogP contribution in [0.5, 0.6) is 17.2 Å². The minimum atomic E-state index is -1.67. The Morgan fingerprint density at radius 1 is 0.556 bits per heavy atom. The molecule has 0 fully saturated rings. The standard InChI is InChI=1S/C31H35N5O9/c32-23(13-17-1-7-20(37)8-2-17)28(41)34-24(14-18-3-9-21(38)10-4-18)29(42)35-25(15-19-5-11-22(39)12-6-19)30(43)36-26(31(44)45)16-27(33)40/h1-12,23-26,37-39H,13-16,32H2,(H2,33,40)(H,34,41)(H,35,42)(H,36,43)(H,44,45). The van der Waals surface area contributed by atoms with Gasteiger partial charge in [0.05, 0.1) is 12.5 Å². The van der Waals surface area contributed by atoms with Gasteiger partial charge in [-0.1, -0.05) is 36.4 Å². The summed E-state index contributed by atoms with van der Waals surface area (Å²) in [6.07, 6.45) is -0.834. The Balaban J connectivity index is 1.86. The number of carbonyl (C=O) groups is 5. The lowest BCUT2D eigenvalue weighted by molar-refractivity contribution is -0.143. The quantitative estimate of drug-likeness (QED) is 0.106. The first kappa shape index (κ1) is 33.9. The van der Waals surface area contributed by atoms with E-state index in [1.165, 1.54) is 48.5 Å². The van der Waals surface area contributed by atoms with Crippen molar-refractivity contribution in [1.29, 1.82) is 0 Å². The Kier molecular flexibility index (Phi) is 11.8. The summed E-state index contributed by atoms with van der Waals surface area (Å²) in [6, 6.07) is 12.3. The maximum absolute atomic E-state index is 13.7. The number of carboxylic acids is 1. The summed E-state index contributed by atoms with van der Waals surface area (Å²) < 4.78 is 0. The third-order valence-electron chi connectivity index (χ3n) is 6.77. The van der Waals surface area contributed by atoms with Crippen molar-refractivity contribution in [2.75, 3.05) is 0 Å². The molecule has 0 aliphatic carbocycles. The number of phenolic OH excluding ortho intramolecular Hbond substituents is 3. The molecule has 0 aromatic heterocycles. The average Bonchev–Trinajstić information content (AvgIpc) is 2.99. The van der Waals surface area contributed by atoms with E-state index >= 15 is 0 Å². The van der Waals surface area contributed by atoms with Gasteiger partial charge in [0.25, 0.3) is 0 Å². The lowest BCUT2D eigenvalue weighted by Crippen LogP contribution is -2.58. The van der Waals surface area contributed by atoms with E-state index in [0.717, 1.165) is 0 Å². The van der Waals surface area contributed by atoms with Gasteiger partial charge < -0.3 is 47.8 Å². The Labute approximate surface area is 258 Å². The molecule has 0 bridgehead atoms. The Morgan fingerprint density at radius 2 is 0.889 bits per heavy atom. The van der Waals surface area contributed by atoms with Crippen molar-refractivity contribution in [3.8, 4) is 17.2 Å². The molecule has 238 valence electrons. The number of hydrogen-bond donors (Lipinski definition) is 9. The zero-order valence-electron chi connectivity index (χ0n) is 24.1. The van der Waals surface area contributed by atoms with Crippen LogP contribution in [-0.4, -0.2) is 74.2 Å². The van der Waals surface area contributed by atoms with Crippen molar-refractivity contribution in [1.82, 2.24) is 16.0 Å². The molecule has 0 aliphatic heterocycles. The highest BCUT2D eigenvalue weighted by Crippen LogP contribution is 2.15. The second-order valence-corrected chi connectivity index (χ2v) is 10.4. The minimum Gasteiger partial charge on any atom is -0.508 e. The highest BCUT2D eigenvalue weighted by molar-refractivity contribution is 5.95. The number of benzene rings is 3. The van der Waals surface area contributed by atoms with Crippen molar-refractivity contribution in [3.05, 3.63) is 89.5 Å². The van der Waals surface area contributed by atoms with Gasteiger partial charge >= 0.3 is 5.97 Å². The molecule has 4 atom stereocenters. The Morgan fingerprint density at radius 3 is 1.24 bits per heavy atom. The van der Waals surface area contributed by atoms with E-state index in [2.05, 4.69) is 16.0 Å². The zero-order chi connectivity index (χ0) is 33.1. The van der Waals surface area contributed by atoms with Crippen LogP contribution in [0, 0.1) is 0 Å². The van der Waals surface area contributed by atoms with Crippen molar-refractivity contribution in [3.63, 3.8) is 0 Å². The highest BCUT2D eigenvalue weighted by atomic mass is 16.4. The summed E-state index contributed by atoms with van der Waals surface area (Å²) in [6.45, 7) is 0. The number of nitrogens with one attached hydrogen (secondary N) is 3. The number of primary amides is 1. The van der Waals surface area contributed by atoms with Gasteiger partial charge in [-0.05, 0) is 59.5 Å². The lowest BCUT2D eigenvalue weighted by Gasteiger charge is -2.25. The van der Waals surface area contributed by atoms with E-state index in [4.69, 9.17) is 11.5 Å². The maximum Gasteiger partial charge on any atom is 0.326 e. The predicted molar refractivity (Wildman–Crippen MR) is 161 cm³/mol. The van der Waals surface area contributed by atoms with Crippen LogP contribution in [-0.2, 0) is 43.2 Å². The number of aliphatic carboxylic acids is 1. The predicted octanol–water partition coefficient (Wildman–Crippen LogP) is -0.427. The molecular formula is C31H35N5O9. The van der Waals surface area contributed by atoms with Crippen LogP contribution in [0.15, 0.2) is 72.8 Å². The summed E-state index contributed by atoms with van der Waals surface area (Å²) in [5.41, 5.74) is 12.9. The van der Waals surface area contributed by atoms with Gasteiger partial charge in [0.2, 0.25) is 23.6 Å². The molecule has 0 radical (unpaired) electrons. The summed E-state index contributed by atoms with van der Waals surface area (Å²) in [5, 5.41) is 45.7. The first-order valence-electron chi connectivity index (χ1n) is 13.8. The largest absolute Gasteiger partial charge is 0.508 e. The number of carbonyl (C=O) groups excluding carboxylic acids is 4. The number of amides is 4. The number of carboxylic acid groups (broad SMARTS) is 1. The second-order valence-electron chi connectivity index (χ2n) is 10.4. The number of aromatic hydroxyl groups is 3. The zero-order valence-corrected chi connectivity index (χ0v) is 24.1. The normalized spacial score (nSPS) is 13.4. The van der Waals surface area contributed by atoms with E-state index in [-0.39, 0.29) is 36.5 Å². The molecule has 0 saturated carbocycles. The van der Waals surface area contributed by atoms with E-state index < -0.39 is 60.2 Å². The molecule has 14 heteroatoms. The Bertz CT molecular complexity index is 1500. The van der Waals surface area contributed by atoms with Crippen LogP contribution in [0.4, 0.5) is 0 Å². The van der Waals surface area contributed by atoms with Crippen molar-refractivity contribution in [2.45, 2.75) is 49.9 Å². The monoisotopic (exact) mass is 621 g/mol. The van der Waals surface area contributed by atoms with Gasteiger partial charge in [-0.2, -0.15) is 0 Å². The molecule has 0 aliphatic rings. The molecule has 0 saturated heterocycles. The first-order chi connectivity index (χ1) is 21.3. The maximum atomic E-state index is 13.7. The van der Waals surface area contributed by atoms with Gasteiger partial charge in [0.1, 0.15) is 35.4 Å². The van der Waals surface area contributed by atoms with Crippen LogP contribution in [0.25, 0.3) is 0 Å². The van der Waals surface area contributed by atoms with E-state index in [0.29, 0.717) is 16.7 Å². The summed E-state index contributed by atoms with van der Waals surface area (Å²) in [5.74, 6) is -4.95. The van der Waals surface area contributed by atoms with Crippen molar-refractivity contribution < 1.29 is 44.4 Å². The first-order valence-corrected chi connectivity index (χ1v) is 13.8. The van der Waals surface area contributed by atoms with Crippen LogP contribution in [0.1, 0.15) is 23.1 Å². The highest BCUT2D eigenvalue weighted by Gasteiger charge is 2.31. The molecule has 0 spiro atoms. The fraction of sp³-hybridized carbons (Fsp3) is 0.258. The summed E-state index contributed by atoms with van der Waals surface area (Å²) >= 11 is 0. The minimum absolute atomic E-state index is 0.0192. The summed E-state index contributed by atoms with van der Waals surface area (Å²) in [7, 11) is 0. The number of nitrogens with two attached hydrogens (primary N) is 2. The van der Waals surface area contributed by atoms with Gasteiger partial charge in [-0.15, -0.1) is 0 Å². The lowest BCUT2D eigenvalue weighted by atomic mass is 10.0. The topological polar surface area (TPSA) is 254 Å². The number of rotatable bonds is 15. The Hall–Kier alpha value is -5.63. The fourth-order valence-corrected chi connectivity index (χ4v) is 4.36. The third kappa shape index (κ3) is 10.9. The second kappa shape index (κ2) is 15.7. The van der Waals surface area contributed by atoms with Crippen molar-refractivity contribution >= 4 is 29.6 Å². The van der Waals surface area contributed by atoms with E-state index in [1.807, 2.05) is 0 Å². The molecule has 0 heterocycles. The molecular weight excluding hydrogens is 586 g/mol. The van der Waals surface area contributed by atoms with Crippen LogP contribution < -0.4 is 27.4 Å². The van der Waals surface area contributed by atoms with Gasteiger partial charge in [0.15, 0.2) is 0 Å². The van der Waals surface area contributed by atoms with Crippen LogP contribution in [0.3, 0.4) is 0 Å². The molecule has 3 rings (SSSR count). The molecule has 3 aromatic carbocycles. The van der Waals surface area contributed by atoms with Gasteiger partial charge in [-0.25, -0.2) is 4.79 Å². The molecule has 11 N–H and O–H groups in total. The molecule has 4 unspecified atom stereocenters. The van der Waals surface area contributed by atoms with E-state index in [9.17, 15) is 44.4 Å². The number of phenols is 3. The average molecular weight is 622 g/mol. The van der Waals surface area contributed by atoms with Gasteiger partial charge in [0, 0.05) is 12.8 Å². The van der Waals surface area contributed by atoms with Gasteiger partial charge in [-0.3, -0.25) is 19.2 Å². The fourth-order valence-electron chi connectivity index (χ4n) is 4.36. The molecule has 3 aromatic rings. The van der Waals surface area contributed by atoms with Crippen LogP contribution in [0.2, 0.25) is 0 Å². The number of hydrogen-bond acceptors (Lipinski definition) is 9. The smallest absolute Gasteiger partial charge is 0.326 e. The molecule has 45 heavy (non-hydrogen) atoms. The summed E-state index contributed by atoms with van der Waals surface area (Å²) in [4.78, 5) is 63.1. The third-order valence-corrected chi connectivity index (χ3v) is 6.77. The molecule has 14 nitrogen and oxygen atoms in total. The van der Waals surface area contributed by atoms with Crippen LogP contribution >= 0.6 is 0 Å². The van der Waals surface area contributed by atoms with E-state index in [1.54, 1.807) is 24.3 Å².